The number of para-hydroxylation sites is 8. The molecule has 0 atom stereocenters. The molecule has 0 radical (unpaired) electrons. The van der Waals surface area contributed by atoms with Gasteiger partial charge in [0.1, 0.15) is 35.1 Å². The number of hydrogen-bond donors (Lipinski definition) is 0. The summed E-state index contributed by atoms with van der Waals surface area (Å²) in [5.74, 6) is 2.93. The van der Waals surface area contributed by atoms with E-state index in [1.54, 1.807) is 0 Å². The average molecular weight is 1070 g/mol. The van der Waals surface area contributed by atoms with Crippen LogP contribution in [0.15, 0.2) is 243 Å². The van der Waals surface area contributed by atoms with Crippen LogP contribution < -0.4 is 19.3 Å². The molecule has 0 saturated heterocycles. The van der Waals surface area contributed by atoms with Gasteiger partial charge < -0.3 is 19.3 Å². The van der Waals surface area contributed by atoms with E-state index in [4.69, 9.17) is 9.47 Å². The molecule has 5 aliphatic rings. The van der Waals surface area contributed by atoms with Gasteiger partial charge in [-0.25, -0.2) is 0 Å². The largest absolute Gasteiger partial charge is 0.457 e. The molecule has 2 aliphatic carbocycles. The van der Waals surface area contributed by atoms with Crippen LogP contribution in [0.1, 0.15) is 103 Å². The van der Waals surface area contributed by atoms with Gasteiger partial charge in [-0.05, 0) is 166 Å². The maximum atomic E-state index is 12.3. The van der Waals surface area contributed by atoms with Crippen LogP contribution >= 0.6 is 0 Å². The number of rotatable bonds is 4. The van der Waals surface area contributed by atoms with Crippen LogP contribution in [0.4, 0.5) is 34.1 Å². The van der Waals surface area contributed by atoms with Gasteiger partial charge in [-0.2, -0.15) is 10.5 Å². The van der Waals surface area contributed by atoms with Crippen molar-refractivity contribution in [2.24, 2.45) is 0 Å². The fourth-order valence-corrected chi connectivity index (χ4v) is 15.5. The zero-order chi connectivity index (χ0) is 55.6. The fourth-order valence-electron chi connectivity index (χ4n) is 15.5. The number of hydrogen-bond acceptors (Lipinski definition) is 6. The molecule has 2 spiro atoms. The van der Waals surface area contributed by atoms with Crippen molar-refractivity contribution in [2.75, 3.05) is 9.80 Å². The molecule has 11 aromatic rings. The van der Waals surface area contributed by atoms with Gasteiger partial charge in [0.05, 0.1) is 33.3 Å². The Morgan fingerprint density at radius 1 is 0.373 bits per heavy atom. The minimum absolute atomic E-state index is 0.228. The molecule has 6 nitrogen and oxygen atoms in total. The van der Waals surface area contributed by atoms with Crippen LogP contribution in [0.3, 0.4) is 0 Å². The molecule has 11 aromatic carbocycles. The third-order valence-electron chi connectivity index (χ3n) is 18.7. The summed E-state index contributed by atoms with van der Waals surface area (Å²) in [6, 6.07) is 92.2. The van der Waals surface area contributed by atoms with Gasteiger partial charge in [0, 0.05) is 50.4 Å². The third kappa shape index (κ3) is 6.70. The Bertz CT molecular complexity index is 4420. The van der Waals surface area contributed by atoms with Crippen molar-refractivity contribution in [3.05, 3.63) is 332 Å². The molecular formula is C77H54N4O2. The lowest BCUT2D eigenvalue weighted by atomic mass is 9.56. The lowest BCUT2D eigenvalue weighted by Gasteiger charge is -2.47. The van der Waals surface area contributed by atoms with Crippen molar-refractivity contribution >= 4 is 34.1 Å². The number of benzene rings is 11. The molecule has 3 aliphatic heterocycles. The highest BCUT2D eigenvalue weighted by Crippen LogP contribution is 2.65. The summed E-state index contributed by atoms with van der Waals surface area (Å²) in [6.45, 7) is 4.66. The molecule has 3 heterocycles. The number of fused-ring (bicyclic) bond motifs is 19. The summed E-state index contributed by atoms with van der Waals surface area (Å²) in [7, 11) is 0. The van der Waals surface area contributed by atoms with Gasteiger partial charge in [0.2, 0.25) is 0 Å². The molecule has 0 unspecified atom stereocenters. The van der Waals surface area contributed by atoms with Crippen molar-refractivity contribution in [1.29, 1.82) is 10.5 Å². The lowest BCUT2D eigenvalue weighted by molar-refractivity contribution is 0.431. The smallest absolute Gasteiger partial charge is 0.132 e. The maximum Gasteiger partial charge on any atom is 0.132 e. The lowest BCUT2D eigenvalue weighted by Crippen LogP contribution is -2.40. The second kappa shape index (κ2) is 18.3. The normalized spacial score (nSPS) is 15.3. The van der Waals surface area contributed by atoms with E-state index in [2.05, 4.69) is 266 Å². The number of aryl methyl sites for hydroxylation is 2. The van der Waals surface area contributed by atoms with Crippen molar-refractivity contribution in [3.63, 3.8) is 0 Å². The molecular weight excluding hydrogens is 1010 g/mol. The highest BCUT2D eigenvalue weighted by molar-refractivity contribution is 5.88. The van der Waals surface area contributed by atoms with Crippen molar-refractivity contribution < 1.29 is 9.47 Å². The molecule has 6 heteroatoms. The van der Waals surface area contributed by atoms with Crippen molar-refractivity contribution in [2.45, 2.75) is 55.8 Å². The molecule has 0 N–H and O–H groups in total. The first-order valence-corrected chi connectivity index (χ1v) is 28.8. The van der Waals surface area contributed by atoms with Crippen LogP contribution in [0, 0.1) is 22.7 Å². The number of ether oxygens (including phenoxy) is 2. The van der Waals surface area contributed by atoms with Gasteiger partial charge in [-0.15, -0.1) is 0 Å². The Hall–Kier alpha value is -10.4. The summed E-state index contributed by atoms with van der Waals surface area (Å²) in [4.78, 5) is 4.77. The molecule has 0 fully saturated rings. The van der Waals surface area contributed by atoms with Crippen LogP contribution in [0.5, 0.6) is 23.0 Å². The van der Waals surface area contributed by atoms with Crippen molar-refractivity contribution in [3.8, 4) is 35.1 Å². The number of anilines is 6. The quantitative estimate of drug-likeness (QED) is 0.175. The monoisotopic (exact) mass is 1070 g/mol. The van der Waals surface area contributed by atoms with E-state index in [9.17, 15) is 10.5 Å². The zero-order valence-electron chi connectivity index (χ0n) is 46.0. The van der Waals surface area contributed by atoms with E-state index in [1.165, 1.54) is 16.7 Å². The first-order valence-electron chi connectivity index (χ1n) is 28.8. The van der Waals surface area contributed by atoms with E-state index < -0.39 is 10.8 Å². The van der Waals surface area contributed by atoms with Crippen LogP contribution in [0.2, 0.25) is 0 Å². The summed E-state index contributed by atoms with van der Waals surface area (Å²) in [5, 5.41) is 24.5. The van der Waals surface area contributed by atoms with Crippen LogP contribution in [0.25, 0.3) is 0 Å². The standard InChI is InChI=1S/C77H54N4O2/c1-75(2)61-25-9-15-31-67(61)81(68-32-16-10-26-62(68)75)54-40-44-59-49(46-54)37-41-55-57(47-78)58(48-79)74-56(73(55)76(59)63-27-11-17-33-69(63)82-70-34-18-12-28-64(70)76)42-38-50-45-53(80(51-21-5-3-6-22-51)52-23-7-4-8-24-52)39-43-60(50)77(74)65-29-13-19-35-71(65)83-72-36-20-14-30-66(72)77/h3-36,39-40,43-46H,37-38,41-42H2,1-2H3. The first-order chi connectivity index (χ1) is 40.8. The third-order valence-corrected chi connectivity index (χ3v) is 18.7. The van der Waals surface area contributed by atoms with Gasteiger partial charge in [0.25, 0.3) is 0 Å². The molecule has 16 rings (SSSR count). The second-order valence-corrected chi connectivity index (χ2v) is 23.1. The fraction of sp³-hybridized carbons (Fsp3) is 0.117. The minimum Gasteiger partial charge on any atom is -0.457 e. The summed E-state index contributed by atoms with van der Waals surface area (Å²) in [5.41, 5.74) is 19.6. The van der Waals surface area contributed by atoms with Gasteiger partial charge in [0.15, 0.2) is 0 Å². The number of nitriles is 2. The molecule has 0 bridgehead atoms. The Kier molecular flexibility index (Phi) is 10.7. The molecule has 0 amide bonds. The highest BCUT2D eigenvalue weighted by atomic mass is 16.5. The average Bonchev–Trinajstić information content (AvgIpc) is 3.18. The van der Waals surface area contributed by atoms with E-state index in [-0.39, 0.29) is 5.41 Å². The highest BCUT2D eigenvalue weighted by Gasteiger charge is 2.56. The Morgan fingerprint density at radius 2 is 0.783 bits per heavy atom. The van der Waals surface area contributed by atoms with E-state index in [0.29, 0.717) is 48.3 Å². The Balaban J connectivity index is 1.04. The summed E-state index contributed by atoms with van der Waals surface area (Å²) in [6.07, 6.45) is 2.34. The van der Waals surface area contributed by atoms with Gasteiger partial charge in [-0.3, -0.25) is 0 Å². The van der Waals surface area contributed by atoms with Crippen LogP contribution in [-0.2, 0) is 41.9 Å². The van der Waals surface area contributed by atoms with Crippen LogP contribution in [-0.4, -0.2) is 0 Å². The Morgan fingerprint density at radius 3 is 1.28 bits per heavy atom. The Labute approximate surface area is 484 Å². The summed E-state index contributed by atoms with van der Waals surface area (Å²) >= 11 is 0. The summed E-state index contributed by atoms with van der Waals surface area (Å²) < 4.78 is 14.1. The van der Waals surface area contributed by atoms with Crippen molar-refractivity contribution in [1.82, 2.24) is 0 Å². The maximum absolute atomic E-state index is 12.3. The van der Waals surface area contributed by atoms with E-state index in [1.807, 2.05) is 12.1 Å². The SMILES string of the molecule is CC1(C)c2ccccc2N(c2ccc3c(c2)CCc2c(C#N)c(C#N)c4c(c2C32c3ccccc3Oc3ccccc32)CCc2cc(N(c3ccccc3)c3ccccc3)ccc2C42c3ccccc3Oc3ccccc32)c2ccccc21. The molecule has 394 valence electrons. The zero-order valence-corrected chi connectivity index (χ0v) is 46.0. The van der Waals surface area contributed by atoms with Gasteiger partial charge >= 0.3 is 0 Å². The van der Waals surface area contributed by atoms with Gasteiger partial charge in [-0.1, -0.05) is 172 Å². The topological polar surface area (TPSA) is 72.5 Å². The molecule has 83 heavy (non-hydrogen) atoms. The second-order valence-electron chi connectivity index (χ2n) is 23.1. The van der Waals surface area contributed by atoms with E-state index >= 15 is 0 Å². The number of nitrogens with zero attached hydrogens (tertiary/aromatic N) is 4. The van der Waals surface area contributed by atoms with E-state index in [0.717, 1.165) is 107 Å². The molecule has 0 saturated carbocycles. The predicted molar refractivity (Wildman–Crippen MR) is 329 cm³/mol. The predicted octanol–water partition coefficient (Wildman–Crippen LogP) is 18.2. The first kappa shape index (κ1) is 48.5. The minimum atomic E-state index is -1.14. The molecule has 0 aromatic heterocycles.